The first-order chi connectivity index (χ1) is 9.17. The molecule has 2 nitrogen and oxygen atoms in total. The van der Waals surface area contributed by atoms with Gasteiger partial charge in [0.05, 0.1) is 11.6 Å². The van der Waals surface area contributed by atoms with E-state index in [-0.39, 0.29) is 0 Å². The summed E-state index contributed by atoms with van der Waals surface area (Å²) in [6.45, 7) is 8.52. The lowest BCUT2D eigenvalue weighted by atomic mass is 10.3. The molecule has 0 unspecified atom stereocenters. The number of ether oxygens (including phenoxy) is 1. The van der Waals surface area contributed by atoms with Gasteiger partial charge in [0, 0.05) is 11.6 Å². The first-order valence-corrected chi connectivity index (χ1v) is 7.73. The van der Waals surface area contributed by atoms with Gasteiger partial charge in [-0.2, -0.15) is 0 Å². The van der Waals surface area contributed by atoms with Gasteiger partial charge >= 0.3 is 0 Å². The Morgan fingerprint density at radius 1 is 1.05 bits per heavy atom. The molecular formula is C15H23Cl2NO. The molecule has 0 amide bonds. The number of hydrogen-bond acceptors (Lipinski definition) is 2. The Bertz CT molecular complexity index is 365. The van der Waals surface area contributed by atoms with Crippen molar-refractivity contribution in [2.75, 3.05) is 26.2 Å². The quantitative estimate of drug-likeness (QED) is 0.603. The van der Waals surface area contributed by atoms with E-state index in [9.17, 15) is 0 Å². The van der Waals surface area contributed by atoms with Crippen LogP contribution in [0.15, 0.2) is 18.2 Å². The molecule has 4 heteroatoms. The number of nitrogens with zero attached hydrogens (tertiary/aromatic N) is 1. The molecule has 0 spiro atoms. The fraction of sp³-hybridized carbons (Fsp3) is 0.600. The molecular weight excluding hydrogens is 281 g/mol. The highest BCUT2D eigenvalue weighted by molar-refractivity contribution is 6.35. The van der Waals surface area contributed by atoms with Gasteiger partial charge in [-0.3, -0.25) is 0 Å². The Hall–Kier alpha value is -0.440. The summed E-state index contributed by atoms with van der Waals surface area (Å²) in [7, 11) is 0. The number of benzene rings is 1. The summed E-state index contributed by atoms with van der Waals surface area (Å²) in [6, 6.07) is 5.32. The lowest BCUT2D eigenvalue weighted by Gasteiger charge is -2.20. The smallest absolute Gasteiger partial charge is 0.137 e. The Morgan fingerprint density at radius 2 is 1.74 bits per heavy atom. The van der Waals surface area contributed by atoms with Crippen LogP contribution in [0.25, 0.3) is 0 Å². The molecule has 1 aromatic carbocycles. The largest absolute Gasteiger partial charge is 0.492 e. The van der Waals surface area contributed by atoms with E-state index in [1.165, 1.54) is 12.8 Å². The van der Waals surface area contributed by atoms with E-state index >= 15 is 0 Å². The van der Waals surface area contributed by atoms with Crippen LogP contribution < -0.4 is 4.74 Å². The summed E-state index contributed by atoms with van der Waals surface area (Å²) < 4.78 is 5.68. The highest BCUT2D eigenvalue weighted by Crippen LogP contribution is 2.27. The number of rotatable bonds is 9. The molecule has 0 aliphatic heterocycles. The van der Waals surface area contributed by atoms with Crippen LogP contribution in [0.4, 0.5) is 0 Å². The zero-order chi connectivity index (χ0) is 14.1. The third-order valence-corrected chi connectivity index (χ3v) is 3.38. The van der Waals surface area contributed by atoms with Gasteiger partial charge in [-0.1, -0.05) is 37.0 Å². The van der Waals surface area contributed by atoms with Gasteiger partial charge in [0.1, 0.15) is 5.75 Å². The minimum Gasteiger partial charge on any atom is -0.492 e. The van der Waals surface area contributed by atoms with E-state index in [0.717, 1.165) is 26.1 Å². The average molecular weight is 304 g/mol. The van der Waals surface area contributed by atoms with Gasteiger partial charge in [0.15, 0.2) is 0 Å². The van der Waals surface area contributed by atoms with Crippen LogP contribution in [-0.2, 0) is 0 Å². The second-order valence-corrected chi connectivity index (χ2v) is 5.46. The minimum absolute atomic E-state index is 0.575. The van der Waals surface area contributed by atoms with Crippen LogP contribution in [0.3, 0.4) is 0 Å². The Labute approximate surface area is 126 Å². The van der Waals surface area contributed by atoms with Crippen LogP contribution in [0.2, 0.25) is 10.0 Å². The molecule has 0 aliphatic rings. The molecule has 0 heterocycles. The highest BCUT2D eigenvalue weighted by Gasteiger charge is 2.04. The summed E-state index contributed by atoms with van der Waals surface area (Å²) in [5.41, 5.74) is 0. The maximum Gasteiger partial charge on any atom is 0.137 e. The van der Waals surface area contributed by atoms with Crippen molar-refractivity contribution in [3.63, 3.8) is 0 Å². The second kappa shape index (κ2) is 9.46. The minimum atomic E-state index is 0.575. The predicted octanol–water partition coefficient (Wildman–Crippen LogP) is 4.88. The highest BCUT2D eigenvalue weighted by atomic mass is 35.5. The molecule has 1 aromatic rings. The van der Waals surface area contributed by atoms with E-state index in [2.05, 4.69) is 18.7 Å². The summed E-state index contributed by atoms with van der Waals surface area (Å²) in [4.78, 5) is 2.48. The summed E-state index contributed by atoms with van der Waals surface area (Å²) >= 11 is 11.9. The molecule has 108 valence electrons. The molecule has 19 heavy (non-hydrogen) atoms. The second-order valence-electron chi connectivity index (χ2n) is 4.62. The van der Waals surface area contributed by atoms with Crippen molar-refractivity contribution < 1.29 is 4.74 Å². The number of halogens is 2. The predicted molar refractivity (Wildman–Crippen MR) is 83.6 cm³/mol. The van der Waals surface area contributed by atoms with Crippen molar-refractivity contribution in [1.82, 2.24) is 4.90 Å². The lowest BCUT2D eigenvalue weighted by molar-refractivity contribution is 0.234. The van der Waals surface area contributed by atoms with Crippen molar-refractivity contribution in [2.24, 2.45) is 0 Å². The van der Waals surface area contributed by atoms with Crippen molar-refractivity contribution in [3.05, 3.63) is 28.2 Å². The number of hydrogen-bond donors (Lipinski definition) is 0. The van der Waals surface area contributed by atoms with Gasteiger partial charge < -0.3 is 9.64 Å². The third-order valence-electron chi connectivity index (χ3n) is 2.85. The topological polar surface area (TPSA) is 12.5 Å². The molecule has 0 aliphatic carbocycles. The monoisotopic (exact) mass is 303 g/mol. The molecule has 1 rings (SSSR count). The van der Waals surface area contributed by atoms with E-state index < -0.39 is 0 Å². The van der Waals surface area contributed by atoms with Crippen LogP contribution in [0, 0.1) is 0 Å². The maximum absolute atomic E-state index is 6.05. The van der Waals surface area contributed by atoms with E-state index in [1.54, 1.807) is 12.1 Å². The van der Waals surface area contributed by atoms with E-state index in [4.69, 9.17) is 27.9 Å². The molecule has 0 radical (unpaired) electrons. The van der Waals surface area contributed by atoms with Crippen molar-refractivity contribution in [1.29, 1.82) is 0 Å². The molecule has 0 saturated carbocycles. The Morgan fingerprint density at radius 3 is 2.32 bits per heavy atom. The molecule has 0 aromatic heterocycles. The van der Waals surface area contributed by atoms with Gasteiger partial charge in [-0.05, 0) is 50.6 Å². The fourth-order valence-electron chi connectivity index (χ4n) is 2.03. The van der Waals surface area contributed by atoms with Crippen LogP contribution >= 0.6 is 23.2 Å². The van der Waals surface area contributed by atoms with Gasteiger partial charge in [0.25, 0.3) is 0 Å². The Balaban J connectivity index is 2.29. The zero-order valence-electron chi connectivity index (χ0n) is 11.8. The molecule has 0 atom stereocenters. The molecule has 0 bridgehead atoms. The summed E-state index contributed by atoms with van der Waals surface area (Å²) in [6.07, 6.45) is 3.41. The molecule has 0 saturated heterocycles. The van der Waals surface area contributed by atoms with Gasteiger partial charge in [0.2, 0.25) is 0 Å². The van der Waals surface area contributed by atoms with Crippen molar-refractivity contribution in [3.8, 4) is 5.75 Å². The van der Waals surface area contributed by atoms with E-state index in [1.807, 2.05) is 6.07 Å². The zero-order valence-corrected chi connectivity index (χ0v) is 13.3. The standard InChI is InChI=1S/C15H23Cl2NO/c1-3-8-18(9-4-2)10-5-11-19-15-7-6-13(16)12-14(15)17/h6-7,12H,3-5,8-11H2,1-2H3. The van der Waals surface area contributed by atoms with Crippen molar-refractivity contribution >= 4 is 23.2 Å². The summed E-state index contributed by atoms with van der Waals surface area (Å²) in [5, 5.41) is 1.21. The average Bonchev–Trinajstić information content (AvgIpc) is 2.37. The van der Waals surface area contributed by atoms with Gasteiger partial charge in [-0.25, -0.2) is 0 Å². The SMILES string of the molecule is CCCN(CCC)CCCOc1ccc(Cl)cc1Cl. The summed E-state index contributed by atoms with van der Waals surface area (Å²) in [5.74, 6) is 0.712. The van der Waals surface area contributed by atoms with Gasteiger partial charge in [-0.15, -0.1) is 0 Å². The fourth-order valence-corrected chi connectivity index (χ4v) is 2.49. The normalized spacial score (nSPS) is 11.0. The Kier molecular flexibility index (Phi) is 8.27. The first kappa shape index (κ1) is 16.6. The molecule has 0 N–H and O–H groups in total. The van der Waals surface area contributed by atoms with Crippen LogP contribution in [0.5, 0.6) is 5.75 Å². The van der Waals surface area contributed by atoms with Crippen LogP contribution in [0.1, 0.15) is 33.1 Å². The first-order valence-electron chi connectivity index (χ1n) is 6.97. The van der Waals surface area contributed by atoms with E-state index in [0.29, 0.717) is 22.4 Å². The maximum atomic E-state index is 6.05. The lowest BCUT2D eigenvalue weighted by Crippen LogP contribution is -2.27. The third kappa shape index (κ3) is 6.51. The van der Waals surface area contributed by atoms with Crippen molar-refractivity contribution in [2.45, 2.75) is 33.1 Å². The van der Waals surface area contributed by atoms with Crippen LogP contribution in [-0.4, -0.2) is 31.1 Å². The molecule has 0 fully saturated rings.